The van der Waals surface area contributed by atoms with Crippen LogP contribution in [0.2, 0.25) is 0 Å². The fraction of sp³-hybridized carbons (Fsp3) is 0.182. The average Bonchev–Trinajstić information content (AvgIpc) is 3.13. The Morgan fingerprint density at radius 3 is 2.71 bits per heavy atom. The molecule has 0 bridgehead atoms. The van der Waals surface area contributed by atoms with E-state index in [2.05, 4.69) is 15.3 Å². The van der Waals surface area contributed by atoms with E-state index in [4.69, 9.17) is 9.97 Å². The highest BCUT2D eigenvalue weighted by Crippen LogP contribution is 2.31. The number of rotatable bonds is 2. The molecule has 3 aromatic heterocycles. The second kappa shape index (κ2) is 6.27. The van der Waals surface area contributed by atoms with Crippen molar-refractivity contribution in [1.29, 1.82) is 0 Å². The Bertz CT molecular complexity index is 1240. The lowest BCUT2D eigenvalue weighted by molar-refractivity contribution is 0.0946. The van der Waals surface area contributed by atoms with E-state index in [9.17, 15) is 4.79 Å². The number of carbonyl (C=O) groups is 1. The quantitative estimate of drug-likeness (QED) is 0.566. The highest BCUT2D eigenvalue weighted by atomic mass is 16.1. The van der Waals surface area contributed by atoms with Crippen LogP contribution in [0.25, 0.3) is 33.7 Å². The van der Waals surface area contributed by atoms with Gasteiger partial charge in [0, 0.05) is 36.1 Å². The van der Waals surface area contributed by atoms with E-state index in [-0.39, 0.29) is 5.91 Å². The molecule has 4 aromatic rings. The van der Waals surface area contributed by atoms with Gasteiger partial charge in [-0.1, -0.05) is 18.2 Å². The molecule has 138 valence electrons. The first-order valence-corrected chi connectivity index (χ1v) is 9.31. The number of hydrogen-bond acceptors (Lipinski definition) is 4. The third kappa shape index (κ3) is 2.57. The van der Waals surface area contributed by atoms with Gasteiger partial charge in [-0.3, -0.25) is 9.78 Å². The maximum absolute atomic E-state index is 12.1. The zero-order chi connectivity index (χ0) is 19.3. The number of nitrogens with one attached hydrogen (secondary N) is 2. The Labute approximate surface area is 162 Å². The van der Waals surface area contributed by atoms with Crippen molar-refractivity contribution in [3.63, 3.8) is 0 Å². The summed E-state index contributed by atoms with van der Waals surface area (Å²) in [5.74, 6) is -0.0317. The highest BCUT2D eigenvalue weighted by molar-refractivity contribution is 5.99. The standard InChI is InChI=1S/C22H19N5O/c1-12-5-4-9-23-19(12)20-13(2)25-17-7-3-6-14(21(17)27-20)18-11-15-16(26-18)8-10-24-22(15)28/h3-7,9,11,26H,8,10H2,1-2H3,(H,24,28). The van der Waals surface area contributed by atoms with Gasteiger partial charge in [-0.2, -0.15) is 0 Å². The first-order valence-electron chi connectivity index (χ1n) is 9.31. The number of H-pyrrole nitrogens is 1. The van der Waals surface area contributed by atoms with Gasteiger partial charge in [-0.25, -0.2) is 9.97 Å². The molecule has 1 amide bonds. The molecular formula is C22H19N5O. The average molecular weight is 369 g/mol. The van der Waals surface area contributed by atoms with Crippen LogP contribution in [0.5, 0.6) is 0 Å². The molecule has 0 saturated carbocycles. The minimum atomic E-state index is -0.0317. The molecule has 4 heterocycles. The lowest BCUT2D eigenvalue weighted by atomic mass is 10.1. The smallest absolute Gasteiger partial charge is 0.253 e. The Balaban J connectivity index is 1.74. The number of hydrogen-bond donors (Lipinski definition) is 2. The molecule has 1 aliphatic heterocycles. The number of aryl methyl sites for hydroxylation is 2. The van der Waals surface area contributed by atoms with Crippen molar-refractivity contribution in [2.45, 2.75) is 20.3 Å². The lowest BCUT2D eigenvalue weighted by Gasteiger charge is -2.11. The van der Waals surface area contributed by atoms with E-state index < -0.39 is 0 Å². The molecule has 6 nitrogen and oxygen atoms in total. The predicted octanol–water partition coefficient (Wildman–Crippen LogP) is 3.59. The summed E-state index contributed by atoms with van der Waals surface area (Å²) in [4.78, 5) is 29.8. The van der Waals surface area contributed by atoms with Gasteiger partial charge in [-0.05, 0) is 37.6 Å². The Kier molecular flexibility index (Phi) is 3.72. The van der Waals surface area contributed by atoms with Gasteiger partial charge in [-0.15, -0.1) is 0 Å². The molecule has 0 atom stereocenters. The number of aromatic amines is 1. The summed E-state index contributed by atoms with van der Waals surface area (Å²) in [6, 6.07) is 11.8. The predicted molar refractivity (Wildman–Crippen MR) is 108 cm³/mol. The van der Waals surface area contributed by atoms with E-state index in [1.807, 2.05) is 50.2 Å². The number of pyridine rings is 1. The van der Waals surface area contributed by atoms with E-state index >= 15 is 0 Å². The fourth-order valence-corrected chi connectivity index (χ4v) is 3.78. The lowest BCUT2D eigenvalue weighted by Crippen LogP contribution is -2.31. The van der Waals surface area contributed by atoms with Crippen LogP contribution in [-0.4, -0.2) is 32.4 Å². The van der Waals surface area contributed by atoms with Gasteiger partial charge in [0.05, 0.1) is 28.0 Å². The molecular weight excluding hydrogens is 350 g/mol. The van der Waals surface area contributed by atoms with Gasteiger partial charge in [0.15, 0.2) is 0 Å². The Hall–Kier alpha value is -3.54. The molecule has 0 fully saturated rings. The van der Waals surface area contributed by atoms with Crippen LogP contribution < -0.4 is 5.32 Å². The van der Waals surface area contributed by atoms with Gasteiger partial charge in [0.2, 0.25) is 0 Å². The van der Waals surface area contributed by atoms with Crippen LogP contribution in [0.15, 0.2) is 42.6 Å². The van der Waals surface area contributed by atoms with Gasteiger partial charge < -0.3 is 10.3 Å². The Morgan fingerprint density at radius 2 is 1.89 bits per heavy atom. The summed E-state index contributed by atoms with van der Waals surface area (Å²) in [5.41, 5.74) is 8.64. The second-order valence-corrected chi connectivity index (χ2v) is 7.08. The van der Waals surface area contributed by atoms with E-state index in [1.54, 1.807) is 6.20 Å². The third-order valence-corrected chi connectivity index (χ3v) is 5.20. The Morgan fingerprint density at radius 1 is 1.00 bits per heavy atom. The molecule has 1 aromatic carbocycles. The number of fused-ring (bicyclic) bond motifs is 2. The van der Waals surface area contributed by atoms with Crippen molar-refractivity contribution in [1.82, 2.24) is 25.3 Å². The van der Waals surface area contributed by atoms with Gasteiger partial charge >= 0.3 is 0 Å². The second-order valence-electron chi connectivity index (χ2n) is 7.08. The molecule has 0 unspecified atom stereocenters. The molecule has 0 saturated heterocycles. The summed E-state index contributed by atoms with van der Waals surface area (Å²) < 4.78 is 0. The van der Waals surface area contributed by atoms with Crippen molar-refractivity contribution in [2.75, 3.05) is 6.54 Å². The number of aromatic nitrogens is 4. The normalized spacial score (nSPS) is 13.4. The monoisotopic (exact) mass is 369 g/mol. The number of carbonyl (C=O) groups excluding carboxylic acids is 1. The summed E-state index contributed by atoms with van der Waals surface area (Å²) in [5, 5.41) is 2.89. The van der Waals surface area contributed by atoms with Crippen LogP contribution in [0.3, 0.4) is 0 Å². The summed E-state index contributed by atoms with van der Waals surface area (Å²) in [7, 11) is 0. The van der Waals surface area contributed by atoms with Crippen molar-refractivity contribution in [3.05, 3.63) is 65.1 Å². The fourth-order valence-electron chi connectivity index (χ4n) is 3.78. The molecule has 5 rings (SSSR count). The molecule has 0 spiro atoms. The first kappa shape index (κ1) is 16.6. The van der Waals surface area contributed by atoms with Crippen LogP contribution in [-0.2, 0) is 6.42 Å². The van der Waals surface area contributed by atoms with Crippen LogP contribution in [0, 0.1) is 13.8 Å². The van der Waals surface area contributed by atoms with Crippen molar-refractivity contribution >= 4 is 16.9 Å². The number of para-hydroxylation sites is 1. The van der Waals surface area contributed by atoms with E-state index in [0.717, 1.165) is 57.1 Å². The minimum Gasteiger partial charge on any atom is -0.358 e. The third-order valence-electron chi connectivity index (χ3n) is 5.20. The van der Waals surface area contributed by atoms with Crippen LogP contribution >= 0.6 is 0 Å². The molecule has 6 heteroatoms. The van der Waals surface area contributed by atoms with Crippen LogP contribution in [0.4, 0.5) is 0 Å². The molecule has 28 heavy (non-hydrogen) atoms. The van der Waals surface area contributed by atoms with E-state index in [1.165, 1.54) is 0 Å². The maximum atomic E-state index is 12.1. The number of amides is 1. The topological polar surface area (TPSA) is 83.6 Å². The summed E-state index contributed by atoms with van der Waals surface area (Å²) >= 11 is 0. The van der Waals surface area contributed by atoms with Gasteiger partial charge in [0.1, 0.15) is 5.69 Å². The summed E-state index contributed by atoms with van der Waals surface area (Å²) in [6.45, 7) is 4.64. The zero-order valence-corrected chi connectivity index (χ0v) is 15.7. The largest absolute Gasteiger partial charge is 0.358 e. The zero-order valence-electron chi connectivity index (χ0n) is 15.7. The van der Waals surface area contributed by atoms with E-state index in [0.29, 0.717) is 12.1 Å². The molecule has 0 aliphatic carbocycles. The molecule has 2 N–H and O–H groups in total. The van der Waals surface area contributed by atoms with Gasteiger partial charge in [0.25, 0.3) is 5.91 Å². The van der Waals surface area contributed by atoms with Crippen molar-refractivity contribution in [3.8, 4) is 22.6 Å². The number of benzene rings is 1. The maximum Gasteiger partial charge on any atom is 0.253 e. The molecule has 1 aliphatic rings. The molecule has 0 radical (unpaired) electrons. The van der Waals surface area contributed by atoms with Crippen LogP contribution in [0.1, 0.15) is 27.3 Å². The van der Waals surface area contributed by atoms with Crippen molar-refractivity contribution in [2.24, 2.45) is 0 Å². The number of nitrogens with zero attached hydrogens (tertiary/aromatic N) is 3. The minimum absolute atomic E-state index is 0.0317. The first-order chi connectivity index (χ1) is 13.6. The van der Waals surface area contributed by atoms with Crippen molar-refractivity contribution < 1.29 is 4.79 Å². The summed E-state index contributed by atoms with van der Waals surface area (Å²) in [6.07, 6.45) is 2.58. The SMILES string of the molecule is Cc1cccnc1-c1nc2c(-c3cc4c([nH]3)CCNC4=O)cccc2nc1C. The highest BCUT2D eigenvalue weighted by Gasteiger charge is 2.21.